The van der Waals surface area contributed by atoms with E-state index >= 15 is 0 Å². The zero-order valence-electron chi connectivity index (χ0n) is 15.9. The number of nitrogens with one attached hydrogen (secondary N) is 3. The Hall–Kier alpha value is -3.15. The van der Waals surface area contributed by atoms with E-state index in [1.165, 1.54) is 0 Å². The third-order valence-corrected chi connectivity index (χ3v) is 4.13. The van der Waals surface area contributed by atoms with Crippen LogP contribution in [0.1, 0.15) is 38.8 Å². The lowest BCUT2D eigenvalue weighted by molar-refractivity contribution is 0.262. The lowest BCUT2D eigenvalue weighted by Gasteiger charge is -2.12. The quantitative estimate of drug-likeness (QED) is 0.561. The standard InChI is InChI=1S/C21H25N5O/c1-4-11-22-19-13-18(14(2)3)24-20(25-19)26-21(27)23-17-10-9-15-7-5-6-8-16(15)12-17/h5-10,12-14H,4,11H2,1-3H3,(H3,22,23,24,25,26,27). The van der Waals surface area contributed by atoms with Crippen LogP contribution in [0, 0.1) is 0 Å². The number of urea groups is 1. The number of carbonyl (C=O) groups is 1. The highest BCUT2D eigenvalue weighted by atomic mass is 16.2. The molecule has 0 saturated heterocycles. The minimum absolute atomic E-state index is 0.235. The Labute approximate surface area is 159 Å². The summed E-state index contributed by atoms with van der Waals surface area (Å²) >= 11 is 0. The van der Waals surface area contributed by atoms with Crippen LogP contribution in [0.5, 0.6) is 0 Å². The highest BCUT2D eigenvalue weighted by molar-refractivity contribution is 6.00. The predicted molar refractivity (Wildman–Crippen MR) is 111 cm³/mol. The van der Waals surface area contributed by atoms with Crippen LogP contribution in [0.25, 0.3) is 10.8 Å². The fraction of sp³-hybridized carbons (Fsp3) is 0.286. The number of benzene rings is 2. The van der Waals surface area contributed by atoms with E-state index in [9.17, 15) is 4.79 Å². The van der Waals surface area contributed by atoms with Crippen molar-refractivity contribution >= 4 is 34.3 Å². The number of rotatable bonds is 6. The van der Waals surface area contributed by atoms with E-state index in [0.29, 0.717) is 0 Å². The molecule has 0 aliphatic carbocycles. The molecule has 140 valence electrons. The summed E-state index contributed by atoms with van der Waals surface area (Å²) in [6.45, 7) is 7.03. The number of hydrogen-bond acceptors (Lipinski definition) is 4. The molecule has 3 aromatic rings. The molecule has 0 radical (unpaired) electrons. The lowest BCUT2D eigenvalue weighted by atomic mass is 10.1. The van der Waals surface area contributed by atoms with Crippen LogP contribution in [-0.2, 0) is 0 Å². The highest BCUT2D eigenvalue weighted by Crippen LogP contribution is 2.20. The molecule has 0 saturated carbocycles. The van der Waals surface area contributed by atoms with Gasteiger partial charge in [-0.05, 0) is 35.2 Å². The van der Waals surface area contributed by atoms with Gasteiger partial charge in [0.15, 0.2) is 0 Å². The number of fused-ring (bicyclic) bond motifs is 1. The van der Waals surface area contributed by atoms with Crippen molar-refractivity contribution in [2.75, 3.05) is 22.5 Å². The van der Waals surface area contributed by atoms with Crippen molar-refractivity contribution in [2.45, 2.75) is 33.1 Å². The van der Waals surface area contributed by atoms with Crippen molar-refractivity contribution in [3.05, 3.63) is 54.2 Å². The molecule has 2 amide bonds. The van der Waals surface area contributed by atoms with E-state index in [-0.39, 0.29) is 17.9 Å². The van der Waals surface area contributed by atoms with E-state index in [2.05, 4.69) is 46.7 Å². The number of amides is 2. The first kappa shape index (κ1) is 18.6. The molecule has 1 aromatic heterocycles. The normalized spacial score (nSPS) is 10.8. The summed E-state index contributed by atoms with van der Waals surface area (Å²) in [6.07, 6.45) is 0.992. The Bertz CT molecular complexity index is 939. The summed E-state index contributed by atoms with van der Waals surface area (Å²) in [5.41, 5.74) is 1.60. The van der Waals surface area contributed by atoms with Crippen LogP contribution < -0.4 is 16.0 Å². The first-order valence-corrected chi connectivity index (χ1v) is 9.25. The monoisotopic (exact) mass is 363 g/mol. The van der Waals surface area contributed by atoms with Gasteiger partial charge < -0.3 is 10.6 Å². The molecule has 3 rings (SSSR count). The van der Waals surface area contributed by atoms with Crippen LogP contribution in [0.15, 0.2) is 48.5 Å². The van der Waals surface area contributed by atoms with Crippen molar-refractivity contribution in [1.29, 1.82) is 0 Å². The van der Waals surface area contributed by atoms with Gasteiger partial charge in [0.1, 0.15) is 5.82 Å². The molecule has 0 bridgehead atoms. The van der Waals surface area contributed by atoms with Gasteiger partial charge in [0, 0.05) is 18.3 Å². The van der Waals surface area contributed by atoms with Crippen molar-refractivity contribution in [3.8, 4) is 0 Å². The molecular formula is C21H25N5O. The van der Waals surface area contributed by atoms with Gasteiger partial charge in [0.25, 0.3) is 0 Å². The molecule has 0 aliphatic rings. The Morgan fingerprint density at radius 2 is 1.78 bits per heavy atom. The lowest BCUT2D eigenvalue weighted by Crippen LogP contribution is -2.21. The second kappa shape index (κ2) is 8.49. The second-order valence-corrected chi connectivity index (χ2v) is 6.72. The van der Waals surface area contributed by atoms with Gasteiger partial charge in [0.05, 0.1) is 5.69 Å². The van der Waals surface area contributed by atoms with Crippen molar-refractivity contribution in [1.82, 2.24) is 9.97 Å². The summed E-state index contributed by atoms with van der Waals surface area (Å²) in [4.78, 5) is 21.2. The number of anilines is 3. The molecular weight excluding hydrogens is 338 g/mol. The molecule has 6 nitrogen and oxygen atoms in total. The summed E-state index contributed by atoms with van der Waals surface area (Å²) in [5.74, 6) is 1.24. The number of aromatic nitrogens is 2. The molecule has 0 aliphatic heterocycles. The predicted octanol–water partition coefficient (Wildman–Crippen LogP) is 5.22. The van der Waals surface area contributed by atoms with E-state index in [4.69, 9.17) is 0 Å². The molecule has 0 spiro atoms. The number of nitrogens with zero attached hydrogens (tertiary/aromatic N) is 2. The van der Waals surface area contributed by atoms with E-state index in [1.54, 1.807) is 0 Å². The van der Waals surface area contributed by atoms with Crippen LogP contribution >= 0.6 is 0 Å². The van der Waals surface area contributed by atoms with Gasteiger partial charge in [-0.1, -0.05) is 51.1 Å². The van der Waals surface area contributed by atoms with Gasteiger partial charge in [-0.3, -0.25) is 5.32 Å². The maximum atomic E-state index is 12.4. The summed E-state index contributed by atoms with van der Waals surface area (Å²) < 4.78 is 0. The van der Waals surface area contributed by atoms with Gasteiger partial charge in [-0.2, -0.15) is 4.98 Å². The first-order chi connectivity index (χ1) is 13.0. The third kappa shape index (κ3) is 4.94. The molecule has 0 atom stereocenters. The minimum atomic E-state index is -0.368. The van der Waals surface area contributed by atoms with Gasteiger partial charge in [-0.15, -0.1) is 0 Å². The maximum absolute atomic E-state index is 12.4. The van der Waals surface area contributed by atoms with Gasteiger partial charge in [-0.25, -0.2) is 9.78 Å². The second-order valence-electron chi connectivity index (χ2n) is 6.72. The Morgan fingerprint density at radius 1 is 1.00 bits per heavy atom. The SMILES string of the molecule is CCCNc1cc(C(C)C)nc(NC(=O)Nc2ccc3ccccc3c2)n1. The Balaban J connectivity index is 1.74. The smallest absolute Gasteiger partial charge is 0.326 e. The minimum Gasteiger partial charge on any atom is -0.370 e. The summed E-state index contributed by atoms with van der Waals surface area (Å²) in [7, 11) is 0. The molecule has 3 N–H and O–H groups in total. The Morgan fingerprint density at radius 3 is 2.52 bits per heavy atom. The molecule has 27 heavy (non-hydrogen) atoms. The maximum Gasteiger partial charge on any atom is 0.326 e. The average molecular weight is 363 g/mol. The molecule has 6 heteroatoms. The van der Waals surface area contributed by atoms with Crippen LogP contribution in [-0.4, -0.2) is 22.5 Å². The van der Waals surface area contributed by atoms with Gasteiger partial charge in [0.2, 0.25) is 5.95 Å². The van der Waals surface area contributed by atoms with E-state index < -0.39 is 0 Å². The van der Waals surface area contributed by atoms with E-state index in [1.807, 2.05) is 48.5 Å². The van der Waals surface area contributed by atoms with Crippen LogP contribution in [0.3, 0.4) is 0 Å². The summed E-state index contributed by atoms with van der Waals surface area (Å²) in [5, 5.41) is 11.0. The van der Waals surface area contributed by atoms with Crippen LogP contribution in [0.2, 0.25) is 0 Å². The largest absolute Gasteiger partial charge is 0.370 e. The third-order valence-electron chi connectivity index (χ3n) is 4.13. The molecule has 0 fully saturated rings. The zero-order chi connectivity index (χ0) is 19.2. The van der Waals surface area contributed by atoms with Crippen molar-refractivity contribution in [3.63, 3.8) is 0 Å². The number of hydrogen-bond donors (Lipinski definition) is 3. The average Bonchev–Trinajstić information content (AvgIpc) is 2.66. The molecule has 2 aromatic carbocycles. The summed E-state index contributed by atoms with van der Waals surface area (Å²) in [6, 6.07) is 15.4. The van der Waals surface area contributed by atoms with Crippen molar-refractivity contribution < 1.29 is 4.79 Å². The zero-order valence-corrected chi connectivity index (χ0v) is 15.9. The topological polar surface area (TPSA) is 78.9 Å². The highest BCUT2D eigenvalue weighted by Gasteiger charge is 2.11. The molecule has 1 heterocycles. The number of carbonyl (C=O) groups excluding carboxylic acids is 1. The molecule has 0 unspecified atom stereocenters. The van der Waals surface area contributed by atoms with E-state index in [0.717, 1.165) is 40.9 Å². The fourth-order valence-corrected chi connectivity index (χ4v) is 2.69. The fourth-order valence-electron chi connectivity index (χ4n) is 2.69. The Kier molecular flexibility index (Phi) is 5.86. The van der Waals surface area contributed by atoms with Gasteiger partial charge >= 0.3 is 6.03 Å². The van der Waals surface area contributed by atoms with Crippen LogP contribution in [0.4, 0.5) is 22.2 Å². The van der Waals surface area contributed by atoms with Crippen molar-refractivity contribution in [2.24, 2.45) is 0 Å². The first-order valence-electron chi connectivity index (χ1n) is 9.25.